The zero-order valence-electron chi connectivity index (χ0n) is 9.54. The van der Waals surface area contributed by atoms with E-state index in [1.165, 1.54) is 6.33 Å². The van der Waals surface area contributed by atoms with Gasteiger partial charge in [-0.1, -0.05) is 0 Å². The van der Waals surface area contributed by atoms with Crippen molar-refractivity contribution in [3.05, 3.63) is 23.0 Å². The van der Waals surface area contributed by atoms with Gasteiger partial charge in [-0.3, -0.25) is 9.36 Å². The number of hydrogen-bond donors (Lipinski definition) is 2. The first-order valence-corrected chi connectivity index (χ1v) is 5.46. The molecule has 19 heavy (non-hydrogen) atoms. The molecule has 1 aliphatic rings. The third-order valence-electron chi connectivity index (χ3n) is 2.96. The average molecular weight is 278 g/mol. The van der Waals surface area contributed by atoms with Crippen molar-refractivity contribution in [1.82, 2.24) is 19.5 Å². The minimum absolute atomic E-state index is 0. The summed E-state index contributed by atoms with van der Waals surface area (Å²) in [7, 11) is 0. The van der Waals surface area contributed by atoms with E-state index >= 15 is 0 Å². The summed E-state index contributed by atoms with van der Waals surface area (Å²) in [6, 6.07) is 0. The first kappa shape index (κ1) is 16.3. The number of aromatic amines is 1. The molecule has 1 aliphatic heterocycles. The summed E-state index contributed by atoms with van der Waals surface area (Å²) < 4.78 is 7.36. The van der Waals surface area contributed by atoms with E-state index in [0.29, 0.717) is 11.2 Å². The molecule has 0 spiro atoms. The number of rotatable bonds is 2. The molecule has 9 heteroatoms. The van der Waals surface area contributed by atoms with Gasteiger partial charge in [0.2, 0.25) is 0 Å². The molecule has 4 N–H and O–H groups in total. The first-order chi connectivity index (χ1) is 8.29. The molecule has 2 aromatic rings. The number of ether oxygens (including phenoxy) is 1. The molecule has 0 unspecified atom stereocenters. The number of fused-ring (bicyclic) bond motifs is 1. The van der Waals surface area contributed by atoms with Gasteiger partial charge in [-0.25, -0.2) is 9.97 Å². The van der Waals surface area contributed by atoms with Crippen molar-refractivity contribution in [3.63, 3.8) is 0 Å². The van der Waals surface area contributed by atoms with Crippen molar-refractivity contribution >= 4 is 40.7 Å². The minimum atomic E-state index is -0.259. The number of aromatic nitrogens is 4. The van der Waals surface area contributed by atoms with Crippen LogP contribution in [0, 0.1) is 0 Å². The Bertz CT molecular complexity index is 598. The van der Waals surface area contributed by atoms with Gasteiger partial charge in [0.25, 0.3) is 5.56 Å². The van der Waals surface area contributed by atoms with Gasteiger partial charge < -0.3 is 20.3 Å². The fourth-order valence-corrected chi connectivity index (χ4v) is 2.10. The Hall–Kier alpha value is -0.770. The van der Waals surface area contributed by atoms with Gasteiger partial charge in [0.05, 0.1) is 25.4 Å². The van der Waals surface area contributed by atoms with Crippen molar-refractivity contribution in [2.45, 2.75) is 25.2 Å². The standard InChI is InChI=1S/C10H12N4O3.Na.H2O.H/c15-3-6-1-2-7(17-6)14-5-13-8-9(14)11-4-12-10(8)16;;;/h4-7,15H,1-3H2,(H,11,12,16);;1H2;/t6-,7+;;;/m0.../s1. The summed E-state index contributed by atoms with van der Waals surface area (Å²) >= 11 is 0. The van der Waals surface area contributed by atoms with Crippen LogP contribution in [0.15, 0.2) is 17.4 Å². The van der Waals surface area contributed by atoms with Crippen molar-refractivity contribution in [1.29, 1.82) is 0 Å². The van der Waals surface area contributed by atoms with Gasteiger partial charge in [0.15, 0.2) is 11.2 Å². The summed E-state index contributed by atoms with van der Waals surface area (Å²) in [6.07, 6.45) is 4.14. The maximum atomic E-state index is 11.5. The van der Waals surface area contributed by atoms with Crippen LogP contribution in [0.25, 0.3) is 11.2 Å². The Balaban J connectivity index is 0.000000902. The molecule has 1 fully saturated rings. The Morgan fingerprint density at radius 2 is 2.26 bits per heavy atom. The number of aliphatic hydroxyl groups is 1. The van der Waals surface area contributed by atoms with Crippen molar-refractivity contribution in [2.24, 2.45) is 0 Å². The number of H-pyrrole nitrogens is 1. The van der Waals surface area contributed by atoms with Crippen LogP contribution in [-0.2, 0) is 4.74 Å². The number of imidazole rings is 1. The van der Waals surface area contributed by atoms with Crippen molar-refractivity contribution in [2.75, 3.05) is 6.61 Å². The van der Waals surface area contributed by atoms with E-state index in [-0.39, 0.29) is 59.5 Å². The second-order valence-electron chi connectivity index (χ2n) is 4.03. The van der Waals surface area contributed by atoms with E-state index in [1.54, 1.807) is 10.9 Å². The molecule has 3 rings (SSSR count). The molecule has 2 aromatic heterocycles. The Labute approximate surface area is 130 Å². The molecule has 100 valence electrons. The molecular formula is C10H15N4NaO4. The average Bonchev–Trinajstić information content (AvgIpc) is 2.94. The third-order valence-corrected chi connectivity index (χ3v) is 2.96. The fourth-order valence-electron chi connectivity index (χ4n) is 2.10. The molecular weight excluding hydrogens is 263 g/mol. The molecule has 0 aliphatic carbocycles. The van der Waals surface area contributed by atoms with Crippen LogP contribution in [0.3, 0.4) is 0 Å². The zero-order chi connectivity index (χ0) is 11.8. The quantitative estimate of drug-likeness (QED) is 0.634. The number of hydrogen-bond acceptors (Lipinski definition) is 5. The van der Waals surface area contributed by atoms with Gasteiger partial charge in [0, 0.05) is 0 Å². The summed E-state index contributed by atoms with van der Waals surface area (Å²) in [5.74, 6) is 0. The second-order valence-corrected chi connectivity index (χ2v) is 4.03. The van der Waals surface area contributed by atoms with E-state index in [9.17, 15) is 4.79 Å². The van der Waals surface area contributed by atoms with Crippen LogP contribution >= 0.6 is 0 Å². The van der Waals surface area contributed by atoms with Crippen molar-refractivity contribution < 1.29 is 15.3 Å². The van der Waals surface area contributed by atoms with Crippen LogP contribution in [0.4, 0.5) is 0 Å². The second kappa shape index (κ2) is 6.60. The number of nitrogens with zero attached hydrogens (tertiary/aromatic N) is 3. The van der Waals surface area contributed by atoms with E-state index in [1.807, 2.05) is 0 Å². The van der Waals surface area contributed by atoms with E-state index < -0.39 is 0 Å². The summed E-state index contributed by atoms with van der Waals surface area (Å²) in [4.78, 5) is 22.1. The van der Waals surface area contributed by atoms with Gasteiger partial charge >= 0.3 is 29.6 Å². The monoisotopic (exact) mass is 278 g/mol. The Morgan fingerprint density at radius 1 is 1.47 bits per heavy atom. The molecule has 0 bridgehead atoms. The number of aliphatic hydroxyl groups excluding tert-OH is 1. The van der Waals surface area contributed by atoms with Gasteiger partial charge in [-0.15, -0.1) is 0 Å². The van der Waals surface area contributed by atoms with E-state index in [2.05, 4.69) is 15.0 Å². The zero-order valence-corrected chi connectivity index (χ0v) is 9.54. The molecule has 0 saturated carbocycles. The SMILES string of the molecule is O.O=c1[nH]cnc2c1ncn2[C@H]1CC[C@@H](CO)O1.[NaH]. The molecule has 0 amide bonds. The number of nitrogens with one attached hydrogen (secondary N) is 1. The van der Waals surface area contributed by atoms with Crippen LogP contribution in [0.2, 0.25) is 0 Å². The van der Waals surface area contributed by atoms with E-state index in [0.717, 1.165) is 12.8 Å². The Kier molecular flexibility index (Phi) is 5.65. The summed E-state index contributed by atoms with van der Waals surface area (Å²) in [5.41, 5.74) is 0.561. The Morgan fingerprint density at radius 3 is 2.95 bits per heavy atom. The molecule has 0 radical (unpaired) electrons. The predicted octanol–water partition coefficient (Wildman–Crippen LogP) is -1.68. The third kappa shape index (κ3) is 2.88. The normalized spacial score (nSPS) is 21.9. The fraction of sp³-hybridized carbons (Fsp3) is 0.500. The topological polar surface area (TPSA) is 125 Å². The molecule has 8 nitrogen and oxygen atoms in total. The van der Waals surface area contributed by atoms with Crippen LogP contribution in [0.5, 0.6) is 0 Å². The molecule has 2 atom stereocenters. The van der Waals surface area contributed by atoms with Gasteiger partial charge in [-0.05, 0) is 12.8 Å². The first-order valence-electron chi connectivity index (χ1n) is 5.46. The summed E-state index contributed by atoms with van der Waals surface area (Å²) in [6.45, 7) is 0.0111. The van der Waals surface area contributed by atoms with Crippen molar-refractivity contribution in [3.8, 4) is 0 Å². The molecule has 0 aromatic carbocycles. The van der Waals surface area contributed by atoms with Gasteiger partial charge in [-0.2, -0.15) is 0 Å². The van der Waals surface area contributed by atoms with Crippen LogP contribution < -0.4 is 5.56 Å². The van der Waals surface area contributed by atoms with Gasteiger partial charge in [0.1, 0.15) is 6.23 Å². The predicted molar refractivity (Wildman–Crippen MR) is 69.1 cm³/mol. The molecule has 1 saturated heterocycles. The summed E-state index contributed by atoms with van der Waals surface area (Å²) in [5, 5.41) is 9.02. The van der Waals surface area contributed by atoms with Crippen LogP contribution in [-0.4, -0.2) is 72.4 Å². The maximum absolute atomic E-state index is 11.5. The van der Waals surface area contributed by atoms with E-state index in [4.69, 9.17) is 9.84 Å². The van der Waals surface area contributed by atoms with Crippen LogP contribution in [0.1, 0.15) is 19.1 Å². The molecule has 3 heterocycles.